The van der Waals surface area contributed by atoms with Gasteiger partial charge in [-0.05, 0) is 40.2 Å². The van der Waals surface area contributed by atoms with Crippen molar-refractivity contribution < 1.29 is 9.31 Å². The Balaban J connectivity index is 2.48. The van der Waals surface area contributed by atoms with E-state index < -0.39 is 22.0 Å². The number of aryl methyl sites for hydroxylation is 1. The lowest BCUT2D eigenvalue weighted by atomic mass is 10.2. The van der Waals surface area contributed by atoms with Crippen molar-refractivity contribution in [1.29, 1.82) is 0 Å². The maximum absolute atomic E-state index is 13.1. The average Bonchev–Trinajstić information content (AvgIpc) is 2.38. The Bertz CT molecular complexity index is 745. The molecule has 2 aromatic rings. The first kappa shape index (κ1) is 14.2. The van der Waals surface area contributed by atoms with E-state index in [1.54, 1.807) is 0 Å². The molecule has 0 fully saturated rings. The lowest BCUT2D eigenvalue weighted by molar-refractivity contribution is -0.385. The third-order valence-corrected chi connectivity index (χ3v) is 3.23. The lowest BCUT2D eigenvalue weighted by Crippen LogP contribution is -2.20. The minimum atomic E-state index is -0.747. The summed E-state index contributed by atoms with van der Waals surface area (Å²) in [4.78, 5) is 22.0. The molecule has 1 N–H and O–H groups in total. The molecule has 8 heteroatoms. The number of hydrogen-bond acceptors (Lipinski definition) is 4. The Morgan fingerprint density at radius 1 is 1.40 bits per heavy atom. The highest BCUT2D eigenvalue weighted by atomic mass is 79.9. The molecule has 0 saturated heterocycles. The standard InChI is InChI=1S/C12H9BrFN3O3/c1-16-5-4-10(11(12(16)18)17(19)20)15-7-2-3-9(14)8(13)6-7/h2-6,15H,1H3. The van der Waals surface area contributed by atoms with Crippen LogP contribution in [0.1, 0.15) is 0 Å². The van der Waals surface area contributed by atoms with E-state index in [1.165, 1.54) is 37.5 Å². The molecule has 0 spiro atoms. The number of pyridine rings is 1. The van der Waals surface area contributed by atoms with E-state index in [4.69, 9.17) is 0 Å². The molecule has 0 unspecified atom stereocenters. The molecule has 0 bridgehead atoms. The number of nitrogens with zero attached hydrogens (tertiary/aromatic N) is 2. The fourth-order valence-corrected chi connectivity index (χ4v) is 2.00. The van der Waals surface area contributed by atoms with E-state index in [0.29, 0.717) is 5.69 Å². The zero-order chi connectivity index (χ0) is 14.9. The van der Waals surface area contributed by atoms with Gasteiger partial charge in [-0.3, -0.25) is 14.9 Å². The van der Waals surface area contributed by atoms with Crippen LogP contribution in [0, 0.1) is 15.9 Å². The molecule has 20 heavy (non-hydrogen) atoms. The van der Waals surface area contributed by atoms with Crippen LogP contribution in [0.5, 0.6) is 0 Å². The van der Waals surface area contributed by atoms with Crippen LogP contribution in [0.3, 0.4) is 0 Å². The zero-order valence-electron chi connectivity index (χ0n) is 10.3. The van der Waals surface area contributed by atoms with Gasteiger partial charge in [0.25, 0.3) is 0 Å². The van der Waals surface area contributed by atoms with E-state index in [0.717, 1.165) is 4.57 Å². The predicted octanol–water partition coefficient (Wildman–Crippen LogP) is 2.94. The smallest absolute Gasteiger partial charge is 0.350 e. The van der Waals surface area contributed by atoms with Gasteiger partial charge in [-0.2, -0.15) is 0 Å². The fraction of sp³-hybridized carbons (Fsp3) is 0.0833. The zero-order valence-corrected chi connectivity index (χ0v) is 11.8. The number of rotatable bonds is 3. The molecule has 0 radical (unpaired) electrons. The summed E-state index contributed by atoms with van der Waals surface area (Å²) < 4.78 is 14.5. The fourth-order valence-electron chi connectivity index (χ4n) is 1.62. The second kappa shape index (κ2) is 5.41. The van der Waals surface area contributed by atoms with Gasteiger partial charge in [0.05, 0.1) is 9.40 Å². The number of nitrogens with one attached hydrogen (secondary N) is 1. The molecule has 1 aromatic heterocycles. The van der Waals surface area contributed by atoms with E-state index in [9.17, 15) is 19.3 Å². The van der Waals surface area contributed by atoms with Gasteiger partial charge in [-0.1, -0.05) is 0 Å². The number of hydrogen-bond donors (Lipinski definition) is 1. The summed E-state index contributed by atoms with van der Waals surface area (Å²) >= 11 is 3.02. The quantitative estimate of drug-likeness (QED) is 0.687. The van der Waals surface area contributed by atoms with Crippen LogP contribution in [0.2, 0.25) is 0 Å². The van der Waals surface area contributed by atoms with E-state index in [-0.39, 0.29) is 10.2 Å². The van der Waals surface area contributed by atoms with Gasteiger partial charge < -0.3 is 9.88 Å². The largest absolute Gasteiger partial charge is 0.357 e. The van der Waals surface area contributed by atoms with Crippen LogP contribution in [-0.4, -0.2) is 9.49 Å². The number of benzene rings is 1. The molecule has 1 aromatic carbocycles. The molecule has 1 heterocycles. The van der Waals surface area contributed by atoms with Crippen LogP contribution in [0.4, 0.5) is 21.5 Å². The Morgan fingerprint density at radius 2 is 2.10 bits per heavy atom. The van der Waals surface area contributed by atoms with Gasteiger partial charge in [0.2, 0.25) is 0 Å². The first-order valence-electron chi connectivity index (χ1n) is 5.46. The Kier molecular flexibility index (Phi) is 3.84. The average molecular weight is 342 g/mol. The highest BCUT2D eigenvalue weighted by Crippen LogP contribution is 2.26. The molecule has 6 nitrogen and oxygen atoms in total. The summed E-state index contributed by atoms with van der Waals surface area (Å²) in [6, 6.07) is 5.47. The van der Waals surface area contributed by atoms with Crippen molar-refractivity contribution in [3.05, 3.63) is 61.2 Å². The van der Waals surface area contributed by atoms with Crippen molar-refractivity contribution in [1.82, 2.24) is 4.57 Å². The van der Waals surface area contributed by atoms with Gasteiger partial charge in [0.15, 0.2) is 0 Å². The van der Waals surface area contributed by atoms with Crippen LogP contribution in [0.15, 0.2) is 39.7 Å². The Labute approximate surface area is 121 Å². The first-order valence-corrected chi connectivity index (χ1v) is 6.25. The highest BCUT2D eigenvalue weighted by Gasteiger charge is 2.20. The molecule has 0 aliphatic carbocycles. The summed E-state index contributed by atoms with van der Waals surface area (Å²) in [7, 11) is 1.42. The summed E-state index contributed by atoms with van der Waals surface area (Å²) in [6.45, 7) is 0. The second-order valence-corrected chi connectivity index (χ2v) is 4.86. The van der Waals surface area contributed by atoms with E-state index in [2.05, 4.69) is 21.2 Å². The molecule has 0 aliphatic heterocycles. The normalized spacial score (nSPS) is 10.3. The van der Waals surface area contributed by atoms with E-state index >= 15 is 0 Å². The van der Waals surface area contributed by atoms with Crippen molar-refractivity contribution in [3.8, 4) is 0 Å². The van der Waals surface area contributed by atoms with Crippen molar-refractivity contribution in [3.63, 3.8) is 0 Å². The van der Waals surface area contributed by atoms with Crippen molar-refractivity contribution in [2.24, 2.45) is 7.05 Å². The van der Waals surface area contributed by atoms with Gasteiger partial charge >= 0.3 is 11.2 Å². The third-order valence-electron chi connectivity index (χ3n) is 2.62. The Hall–Kier alpha value is -2.22. The predicted molar refractivity (Wildman–Crippen MR) is 75.7 cm³/mol. The maximum atomic E-state index is 13.1. The highest BCUT2D eigenvalue weighted by molar-refractivity contribution is 9.10. The number of aromatic nitrogens is 1. The molecule has 104 valence electrons. The van der Waals surface area contributed by atoms with Crippen LogP contribution >= 0.6 is 15.9 Å². The molecule has 0 aliphatic rings. The molecule has 2 rings (SSSR count). The maximum Gasteiger partial charge on any atom is 0.357 e. The van der Waals surface area contributed by atoms with Gasteiger partial charge in [-0.25, -0.2) is 4.39 Å². The van der Waals surface area contributed by atoms with Crippen molar-refractivity contribution >= 4 is 33.0 Å². The Morgan fingerprint density at radius 3 is 2.70 bits per heavy atom. The number of nitro groups is 1. The lowest BCUT2D eigenvalue weighted by Gasteiger charge is -2.08. The van der Waals surface area contributed by atoms with E-state index in [1.807, 2.05) is 0 Å². The monoisotopic (exact) mass is 341 g/mol. The summed E-state index contributed by atoms with van der Waals surface area (Å²) in [6.07, 6.45) is 1.41. The van der Waals surface area contributed by atoms with Gasteiger partial charge in [0, 0.05) is 18.9 Å². The minimum absolute atomic E-state index is 0.0524. The van der Waals surface area contributed by atoms with Crippen LogP contribution in [0.25, 0.3) is 0 Å². The van der Waals surface area contributed by atoms with Crippen molar-refractivity contribution in [2.75, 3.05) is 5.32 Å². The summed E-state index contributed by atoms with van der Waals surface area (Å²) in [5, 5.41) is 13.7. The van der Waals surface area contributed by atoms with Gasteiger partial charge in [-0.15, -0.1) is 0 Å². The first-order chi connectivity index (χ1) is 9.40. The van der Waals surface area contributed by atoms with Gasteiger partial charge in [0.1, 0.15) is 11.5 Å². The molecular formula is C12H9BrFN3O3. The van der Waals surface area contributed by atoms with Crippen LogP contribution in [-0.2, 0) is 7.05 Å². The minimum Gasteiger partial charge on any atom is -0.350 e. The number of anilines is 2. The SMILES string of the molecule is Cn1ccc(Nc2ccc(F)c(Br)c2)c([N+](=O)[O-])c1=O. The number of halogens is 2. The molecule has 0 amide bonds. The summed E-state index contributed by atoms with van der Waals surface area (Å²) in [5.41, 5.74) is -0.803. The molecule has 0 atom stereocenters. The summed E-state index contributed by atoms with van der Waals surface area (Å²) in [5.74, 6) is -0.450. The molecular weight excluding hydrogens is 333 g/mol. The van der Waals surface area contributed by atoms with Crippen LogP contribution < -0.4 is 10.9 Å². The van der Waals surface area contributed by atoms with Crippen molar-refractivity contribution in [2.45, 2.75) is 0 Å². The second-order valence-electron chi connectivity index (χ2n) is 4.01. The topological polar surface area (TPSA) is 77.2 Å². The molecule has 0 saturated carbocycles. The third kappa shape index (κ3) is 2.69.